The van der Waals surface area contributed by atoms with Crippen LogP contribution in [0.4, 0.5) is 0 Å². The van der Waals surface area contributed by atoms with Crippen molar-refractivity contribution in [1.82, 2.24) is 4.98 Å². The van der Waals surface area contributed by atoms with Crippen molar-refractivity contribution in [2.45, 2.75) is 65.2 Å². The van der Waals surface area contributed by atoms with E-state index < -0.39 is 0 Å². The highest BCUT2D eigenvalue weighted by molar-refractivity contribution is 5.76. The number of oxazole rings is 1. The minimum atomic E-state index is 0.658. The predicted octanol–water partition coefficient (Wildman–Crippen LogP) is 7.32. The van der Waals surface area contributed by atoms with Gasteiger partial charge in [0.2, 0.25) is 5.89 Å². The summed E-state index contributed by atoms with van der Waals surface area (Å²) < 4.78 is 11.7. The fourth-order valence-electron chi connectivity index (χ4n) is 3.28. The topological polar surface area (TPSA) is 35.3 Å². The summed E-state index contributed by atoms with van der Waals surface area (Å²) in [4.78, 5) is 4.59. The van der Waals surface area contributed by atoms with E-state index in [1.807, 2.05) is 42.5 Å². The van der Waals surface area contributed by atoms with Crippen LogP contribution < -0.4 is 4.74 Å². The minimum Gasteiger partial charge on any atom is -0.494 e. The third-order valence-electron chi connectivity index (χ3n) is 4.91. The van der Waals surface area contributed by atoms with E-state index in [-0.39, 0.29) is 0 Å². The van der Waals surface area contributed by atoms with Gasteiger partial charge in [-0.05, 0) is 55.3 Å². The van der Waals surface area contributed by atoms with Crippen molar-refractivity contribution in [2.24, 2.45) is 0 Å². The molecular weight excluding hydrogens is 334 g/mol. The van der Waals surface area contributed by atoms with Gasteiger partial charge in [-0.25, -0.2) is 4.98 Å². The first-order chi connectivity index (χ1) is 13.3. The molecule has 0 aliphatic carbocycles. The molecule has 0 aliphatic heterocycles. The maximum absolute atomic E-state index is 5.87. The number of rotatable bonds is 11. The summed E-state index contributed by atoms with van der Waals surface area (Å²) in [7, 11) is 0. The van der Waals surface area contributed by atoms with Crippen LogP contribution in [0, 0.1) is 6.92 Å². The summed E-state index contributed by atoms with van der Waals surface area (Å²) in [5.41, 5.74) is 3.89. The Bertz CT molecular complexity index is 820. The van der Waals surface area contributed by atoms with Crippen molar-refractivity contribution in [3.63, 3.8) is 0 Å². The quantitative estimate of drug-likeness (QED) is 0.334. The molecule has 0 aliphatic rings. The van der Waals surface area contributed by atoms with Gasteiger partial charge in [0.25, 0.3) is 0 Å². The largest absolute Gasteiger partial charge is 0.494 e. The Morgan fingerprint density at radius 2 is 1.56 bits per heavy atom. The summed E-state index contributed by atoms with van der Waals surface area (Å²) in [5.74, 6) is 1.57. The van der Waals surface area contributed by atoms with Crippen LogP contribution in [0.15, 0.2) is 46.9 Å². The third kappa shape index (κ3) is 5.85. The SMILES string of the molecule is CCCCCCCCCCOc1ccc(-c2nc3cc(C)ccc3o2)cc1. The summed E-state index contributed by atoms with van der Waals surface area (Å²) in [5, 5.41) is 0. The van der Waals surface area contributed by atoms with Crippen LogP contribution in [0.1, 0.15) is 63.9 Å². The van der Waals surface area contributed by atoms with E-state index in [0.717, 1.165) is 35.4 Å². The van der Waals surface area contributed by atoms with Crippen LogP contribution in [0.5, 0.6) is 5.75 Å². The number of nitrogens with zero attached hydrogens (tertiary/aromatic N) is 1. The molecule has 27 heavy (non-hydrogen) atoms. The average molecular weight is 366 g/mol. The van der Waals surface area contributed by atoms with Crippen molar-refractivity contribution < 1.29 is 9.15 Å². The first-order valence-corrected chi connectivity index (χ1v) is 10.4. The van der Waals surface area contributed by atoms with Crippen LogP contribution in [-0.2, 0) is 0 Å². The number of hydrogen-bond acceptors (Lipinski definition) is 3. The fourth-order valence-corrected chi connectivity index (χ4v) is 3.28. The Kier molecular flexibility index (Phi) is 7.32. The maximum atomic E-state index is 5.87. The van der Waals surface area contributed by atoms with E-state index in [1.165, 1.54) is 50.5 Å². The third-order valence-corrected chi connectivity index (χ3v) is 4.91. The van der Waals surface area contributed by atoms with Crippen LogP contribution in [-0.4, -0.2) is 11.6 Å². The second kappa shape index (κ2) is 10.1. The second-order valence-electron chi connectivity index (χ2n) is 7.34. The van der Waals surface area contributed by atoms with E-state index in [9.17, 15) is 0 Å². The normalized spacial score (nSPS) is 11.2. The van der Waals surface area contributed by atoms with Crippen molar-refractivity contribution in [1.29, 1.82) is 0 Å². The van der Waals surface area contributed by atoms with Crippen molar-refractivity contribution in [3.05, 3.63) is 48.0 Å². The molecule has 0 N–H and O–H groups in total. The summed E-state index contributed by atoms with van der Waals surface area (Å²) in [6, 6.07) is 14.1. The molecule has 144 valence electrons. The van der Waals surface area contributed by atoms with Gasteiger partial charge in [0, 0.05) is 5.56 Å². The number of fused-ring (bicyclic) bond motifs is 1. The molecule has 0 saturated heterocycles. The maximum Gasteiger partial charge on any atom is 0.227 e. The zero-order chi connectivity index (χ0) is 18.9. The van der Waals surface area contributed by atoms with Gasteiger partial charge in [0.15, 0.2) is 5.58 Å². The molecule has 0 fully saturated rings. The predicted molar refractivity (Wildman–Crippen MR) is 112 cm³/mol. The molecule has 3 heteroatoms. The lowest BCUT2D eigenvalue weighted by atomic mass is 10.1. The standard InChI is InChI=1S/C24H31NO2/c1-3-4-5-6-7-8-9-10-17-26-21-14-12-20(13-15-21)24-25-22-18-19(2)11-16-23(22)27-24/h11-16,18H,3-10,17H2,1-2H3. The van der Waals surface area contributed by atoms with Crippen LogP contribution in [0.2, 0.25) is 0 Å². The average Bonchev–Trinajstić information content (AvgIpc) is 3.10. The molecule has 1 heterocycles. The Labute approximate surface area is 162 Å². The first kappa shape index (κ1) is 19.5. The summed E-state index contributed by atoms with van der Waals surface area (Å²) >= 11 is 0. The first-order valence-electron chi connectivity index (χ1n) is 10.4. The van der Waals surface area contributed by atoms with Crippen LogP contribution >= 0.6 is 0 Å². The molecule has 0 saturated carbocycles. The van der Waals surface area contributed by atoms with Crippen LogP contribution in [0.25, 0.3) is 22.6 Å². The zero-order valence-electron chi connectivity index (χ0n) is 16.7. The lowest BCUT2D eigenvalue weighted by molar-refractivity contribution is 0.304. The van der Waals surface area contributed by atoms with E-state index in [0.29, 0.717) is 5.89 Å². The number of unbranched alkanes of at least 4 members (excludes halogenated alkanes) is 7. The molecule has 1 aromatic heterocycles. The Balaban J connectivity index is 1.42. The van der Waals surface area contributed by atoms with Crippen molar-refractivity contribution in [2.75, 3.05) is 6.61 Å². The zero-order valence-corrected chi connectivity index (χ0v) is 16.7. The van der Waals surface area contributed by atoms with Crippen LogP contribution in [0.3, 0.4) is 0 Å². The van der Waals surface area contributed by atoms with E-state index in [4.69, 9.17) is 9.15 Å². The summed E-state index contributed by atoms with van der Waals surface area (Å²) in [6.45, 7) is 5.11. The molecule has 0 atom stereocenters. The van der Waals surface area contributed by atoms with Gasteiger partial charge in [-0.1, -0.05) is 57.9 Å². The smallest absolute Gasteiger partial charge is 0.227 e. The van der Waals surface area contributed by atoms with E-state index in [1.54, 1.807) is 0 Å². The van der Waals surface area contributed by atoms with Gasteiger partial charge >= 0.3 is 0 Å². The highest BCUT2D eigenvalue weighted by Gasteiger charge is 2.08. The number of hydrogen-bond donors (Lipinski definition) is 0. The molecule has 0 unspecified atom stereocenters. The molecule has 3 nitrogen and oxygen atoms in total. The number of benzene rings is 2. The van der Waals surface area contributed by atoms with Gasteiger partial charge in [-0.2, -0.15) is 0 Å². The summed E-state index contributed by atoms with van der Waals surface area (Å²) in [6.07, 6.45) is 10.5. The monoisotopic (exact) mass is 365 g/mol. The van der Waals surface area contributed by atoms with Gasteiger partial charge in [-0.3, -0.25) is 0 Å². The Morgan fingerprint density at radius 3 is 2.30 bits per heavy atom. The van der Waals surface area contributed by atoms with Gasteiger partial charge < -0.3 is 9.15 Å². The fraction of sp³-hybridized carbons (Fsp3) is 0.458. The van der Waals surface area contributed by atoms with Crippen molar-refractivity contribution in [3.8, 4) is 17.2 Å². The van der Waals surface area contributed by atoms with Gasteiger partial charge in [0.1, 0.15) is 11.3 Å². The lowest BCUT2D eigenvalue weighted by Crippen LogP contribution is -1.97. The molecule has 0 bridgehead atoms. The highest BCUT2D eigenvalue weighted by atomic mass is 16.5. The van der Waals surface area contributed by atoms with E-state index >= 15 is 0 Å². The molecule has 2 aromatic carbocycles. The Hall–Kier alpha value is -2.29. The lowest BCUT2D eigenvalue weighted by Gasteiger charge is -2.06. The number of ether oxygens (including phenoxy) is 1. The van der Waals surface area contributed by atoms with Gasteiger partial charge in [0.05, 0.1) is 6.61 Å². The Morgan fingerprint density at radius 1 is 0.852 bits per heavy atom. The molecular formula is C24H31NO2. The molecule has 0 radical (unpaired) electrons. The van der Waals surface area contributed by atoms with Gasteiger partial charge in [-0.15, -0.1) is 0 Å². The number of aryl methyl sites for hydroxylation is 1. The molecule has 3 rings (SSSR count). The highest BCUT2D eigenvalue weighted by Crippen LogP contribution is 2.26. The molecule has 0 amide bonds. The minimum absolute atomic E-state index is 0.658. The molecule has 3 aromatic rings. The second-order valence-corrected chi connectivity index (χ2v) is 7.34. The van der Waals surface area contributed by atoms with Crippen molar-refractivity contribution >= 4 is 11.1 Å². The molecule has 0 spiro atoms. The van der Waals surface area contributed by atoms with E-state index in [2.05, 4.69) is 18.8 Å². The number of aromatic nitrogens is 1.